The summed E-state index contributed by atoms with van der Waals surface area (Å²) in [5.74, 6) is -0.654. The highest BCUT2D eigenvalue weighted by Gasteiger charge is 2.32. The SMILES string of the molecule is CC(C)c1ncc(N2CC(O)C(O)C2)c(C(=O)O)n1. The van der Waals surface area contributed by atoms with Crippen LogP contribution in [0.1, 0.15) is 36.1 Å². The van der Waals surface area contributed by atoms with Crippen LogP contribution in [-0.4, -0.2) is 56.6 Å². The molecule has 0 aromatic carbocycles. The Morgan fingerprint density at radius 1 is 1.37 bits per heavy atom. The molecule has 3 N–H and O–H groups in total. The highest BCUT2D eigenvalue weighted by Crippen LogP contribution is 2.24. The average molecular weight is 267 g/mol. The van der Waals surface area contributed by atoms with Gasteiger partial charge in [-0.15, -0.1) is 0 Å². The van der Waals surface area contributed by atoms with Gasteiger partial charge in [0.2, 0.25) is 0 Å². The first-order valence-electron chi connectivity index (χ1n) is 6.11. The number of aliphatic hydroxyl groups is 2. The van der Waals surface area contributed by atoms with Gasteiger partial charge in [0.15, 0.2) is 5.69 Å². The number of β-amino-alcohol motifs (C(OH)–C–C–N with tert-alkyl or cyclic N) is 2. The summed E-state index contributed by atoms with van der Waals surface area (Å²) < 4.78 is 0. The monoisotopic (exact) mass is 267 g/mol. The number of aromatic nitrogens is 2. The molecule has 19 heavy (non-hydrogen) atoms. The Kier molecular flexibility index (Phi) is 3.68. The van der Waals surface area contributed by atoms with Crippen molar-refractivity contribution in [3.63, 3.8) is 0 Å². The highest BCUT2D eigenvalue weighted by atomic mass is 16.4. The predicted molar refractivity (Wildman–Crippen MR) is 67.3 cm³/mol. The van der Waals surface area contributed by atoms with E-state index in [1.165, 1.54) is 6.20 Å². The minimum atomic E-state index is -1.14. The molecular formula is C12H17N3O4. The molecule has 0 amide bonds. The van der Waals surface area contributed by atoms with E-state index in [1.54, 1.807) is 4.90 Å². The molecule has 1 fully saturated rings. The first-order chi connectivity index (χ1) is 8.90. The van der Waals surface area contributed by atoms with E-state index in [2.05, 4.69) is 9.97 Å². The molecule has 7 heteroatoms. The van der Waals surface area contributed by atoms with E-state index in [-0.39, 0.29) is 24.7 Å². The number of carbonyl (C=O) groups is 1. The lowest BCUT2D eigenvalue weighted by Gasteiger charge is -2.19. The highest BCUT2D eigenvalue weighted by molar-refractivity contribution is 5.92. The molecule has 0 radical (unpaired) electrons. The van der Waals surface area contributed by atoms with Gasteiger partial charge in [-0.1, -0.05) is 13.8 Å². The lowest BCUT2D eigenvalue weighted by molar-refractivity contribution is 0.0572. The smallest absolute Gasteiger partial charge is 0.356 e. The topological polar surface area (TPSA) is 107 Å². The Morgan fingerprint density at radius 2 is 1.95 bits per heavy atom. The maximum atomic E-state index is 11.3. The van der Waals surface area contributed by atoms with Crippen molar-refractivity contribution in [2.75, 3.05) is 18.0 Å². The quantitative estimate of drug-likeness (QED) is 0.698. The summed E-state index contributed by atoms with van der Waals surface area (Å²) in [6.07, 6.45) is -0.325. The van der Waals surface area contributed by atoms with Crippen molar-refractivity contribution in [2.24, 2.45) is 0 Å². The number of hydrogen-bond donors (Lipinski definition) is 3. The summed E-state index contributed by atoms with van der Waals surface area (Å²) in [7, 11) is 0. The molecule has 1 aliphatic rings. The van der Waals surface area contributed by atoms with Crippen molar-refractivity contribution in [2.45, 2.75) is 32.0 Å². The summed E-state index contributed by atoms with van der Waals surface area (Å²) in [6, 6.07) is 0. The molecule has 0 saturated carbocycles. The molecule has 2 rings (SSSR count). The van der Waals surface area contributed by atoms with E-state index in [0.717, 1.165) is 0 Å². The third kappa shape index (κ3) is 2.66. The molecular weight excluding hydrogens is 250 g/mol. The summed E-state index contributed by atoms with van der Waals surface area (Å²) in [5.41, 5.74) is 0.229. The Labute approximate surface area is 110 Å². The molecule has 104 valence electrons. The molecule has 1 aromatic heterocycles. The van der Waals surface area contributed by atoms with Gasteiger partial charge in [-0.05, 0) is 0 Å². The maximum Gasteiger partial charge on any atom is 0.356 e. The lowest BCUT2D eigenvalue weighted by Crippen LogP contribution is -2.25. The van der Waals surface area contributed by atoms with Crippen LogP contribution >= 0.6 is 0 Å². The third-order valence-corrected chi connectivity index (χ3v) is 3.11. The number of hydrogen-bond acceptors (Lipinski definition) is 6. The molecule has 2 atom stereocenters. The summed E-state index contributed by atoms with van der Waals surface area (Å²) in [6.45, 7) is 4.10. The van der Waals surface area contributed by atoms with Crippen molar-refractivity contribution in [1.82, 2.24) is 9.97 Å². The van der Waals surface area contributed by atoms with E-state index < -0.39 is 18.2 Å². The van der Waals surface area contributed by atoms with Crippen LogP contribution in [0.25, 0.3) is 0 Å². The molecule has 1 saturated heterocycles. The third-order valence-electron chi connectivity index (χ3n) is 3.11. The van der Waals surface area contributed by atoms with Crippen molar-refractivity contribution < 1.29 is 20.1 Å². The van der Waals surface area contributed by atoms with E-state index in [0.29, 0.717) is 11.5 Å². The van der Waals surface area contributed by atoms with Crippen molar-refractivity contribution in [3.8, 4) is 0 Å². The molecule has 0 spiro atoms. The Balaban J connectivity index is 2.38. The maximum absolute atomic E-state index is 11.3. The Morgan fingerprint density at radius 3 is 2.42 bits per heavy atom. The van der Waals surface area contributed by atoms with Gasteiger partial charge in [-0.2, -0.15) is 0 Å². The summed E-state index contributed by atoms with van der Waals surface area (Å²) >= 11 is 0. The van der Waals surface area contributed by atoms with Crippen LogP contribution < -0.4 is 4.90 Å². The first-order valence-corrected chi connectivity index (χ1v) is 6.11. The first kappa shape index (κ1) is 13.7. The van der Waals surface area contributed by atoms with Crippen LogP contribution in [0.3, 0.4) is 0 Å². The van der Waals surface area contributed by atoms with Crippen molar-refractivity contribution in [3.05, 3.63) is 17.7 Å². The molecule has 7 nitrogen and oxygen atoms in total. The number of anilines is 1. The van der Waals surface area contributed by atoms with Crippen LogP contribution in [0.4, 0.5) is 5.69 Å². The van der Waals surface area contributed by atoms with Gasteiger partial charge in [-0.3, -0.25) is 0 Å². The normalized spacial score (nSPS) is 23.1. The van der Waals surface area contributed by atoms with Gasteiger partial charge in [-0.25, -0.2) is 14.8 Å². The largest absolute Gasteiger partial charge is 0.476 e. The second kappa shape index (κ2) is 5.10. The summed E-state index contributed by atoms with van der Waals surface area (Å²) in [4.78, 5) is 21.0. The van der Waals surface area contributed by atoms with Gasteiger partial charge in [0.05, 0.1) is 24.1 Å². The fourth-order valence-electron chi connectivity index (χ4n) is 2.02. The van der Waals surface area contributed by atoms with Gasteiger partial charge in [0.25, 0.3) is 0 Å². The zero-order valence-corrected chi connectivity index (χ0v) is 10.8. The van der Waals surface area contributed by atoms with Gasteiger partial charge < -0.3 is 20.2 Å². The Hall–Kier alpha value is -1.73. The number of nitrogens with zero attached hydrogens (tertiary/aromatic N) is 3. The molecule has 1 aliphatic heterocycles. The number of carboxylic acid groups (broad SMARTS) is 1. The predicted octanol–water partition coefficient (Wildman–Crippen LogP) is -0.160. The van der Waals surface area contributed by atoms with E-state index in [9.17, 15) is 20.1 Å². The number of aliphatic hydroxyl groups excluding tert-OH is 2. The fraction of sp³-hybridized carbons (Fsp3) is 0.583. The zero-order chi connectivity index (χ0) is 14.2. The molecule has 1 aromatic rings. The number of rotatable bonds is 3. The van der Waals surface area contributed by atoms with Crippen LogP contribution in [-0.2, 0) is 0 Å². The van der Waals surface area contributed by atoms with Gasteiger partial charge in [0.1, 0.15) is 5.82 Å². The van der Waals surface area contributed by atoms with Crippen molar-refractivity contribution in [1.29, 1.82) is 0 Å². The summed E-state index contributed by atoms with van der Waals surface area (Å²) in [5, 5.41) is 28.3. The van der Waals surface area contributed by atoms with Crippen LogP contribution in [0, 0.1) is 0 Å². The van der Waals surface area contributed by atoms with E-state index in [1.807, 2.05) is 13.8 Å². The standard InChI is InChI=1S/C12H17N3O4/c1-6(2)11-13-3-7(10(14-11)12(18)19)15-4-8(16)9(17)5-15/h3,6,8-9,16-17H,4-5H2,1-2H3,(H,18,19). The van der Waals surface area contributed by atoms with Crippen LogP contribution in [0.2, 0.25) is 0 Å². The molecule has 0 aliphatic carbocycles. The number of carboxylic acids is 1. The molecule has 0 bridgehead atoms. The van der Waals surface area contributed by atoms with Crippen molar-refractivity contribution >= 4 is 11.7 Å². The van der Waals surface area contributed by atoms with E-state index in [4.69, 9.17) is 0 Å². The van der Waals surface area contributed by atoms with E-state index >= 15 is 0 Å². The van der Waals surface area contributed by atoms with Gasteiger partial charge in [0, 0.05) is 19.0 Å². The van der Waals surface area contributed by atoms with Crippen LogP contribution in [0.5, 0.6) is 0 Å². The second-order valence-corrected chi connectivity index (χ2v) is 4.96. The number of aromatic carboxylic acids is 1. The second-order valence-electron chi connectivity index (χ2n) is 4.96. The average Bonchev–Trinajstić information content (AvgIpc) is 2.68. The van der Waals surface area contributed by atoms with Gasteiger partial charge >= 0.3 is 5.97 Å². The molecule has 2 heterocycles. The molecule has 2 unspecified atom stereocenters. The zero-order valence-electron chi connectivity index (χ0n) is 10.8. The lowest BCUT2D eigenvalue weighted by atomic mass is 10.2. The van der Waals surface area contributed by atoms with Crippen LogP contribution in [0.15, 0.2) is 6.20 Å². The fourth-order valence-corrected chi connectivity index (χ4v) is 2.02. The Bertz CT molecular complexity index is 482. The minimum Gasteiger partial charge on any atom is -0.476 e. The minimum absolute atomic E-state index is 0.0295.